The average Bonchev–Trinajstić information content (AvgIpc) is 3.58. The van der Waals surface area contributed by atoms with Crippen molar-refractivity contribution in [2.75, 3.05) is 38.7 Å². The van der Waals surface area contributed by atoms with Crippen LogP contribution in [0.25, 0.3) is 40.0 Å². The van der Waals surface area contributed by atoms with Gasteiger partial charge in [-0.3, -0.25) is 14.6 Å². The maximum absolute atomic E-state index is 13.5. The van der Waals surface area contributed by atoms with E-state index in [2.05, 4.69) is 29.3 Å². The molecule has 1 amide bonds. The highest BCUT2D eigenvalue weighted by atomic mass is 16.6. The Kier molecular flexibility index (Phi) is 4.48. The minimum Gasteiger partial charge on any atom is -0.416 e. The molecule has 36 heavy (non-hydrogen) atoms. The molecule has 2 aromatic carbocycles. The van der Waals surface area contributed by atoms with Crippen molar-refractivity contribution in [2.24, 2.45) is 4.99 Å². The molecule has 4 heterocycles. The van der Waals surface area contributed by atoms with E-state index >= 15 is 0 Å². The van der Waals surface area contributed by atoms with Crippen molar-refractivity contribution in [2.45, 2.75) is 25.8 Å². The zero-order chi connectivity index (χ0) is 24.7. The number of carbonyl (C=O) groups is 2. The van der Waals surface area contributed by atoms with E-state index in [0.717, 1.165) is 80.8 Å². The van der Waals surface area contributed by atoms with Crippen LogP contribution in [-0.2, 0) is 11.2 Å². The lowest BCUT2D eigenvalue weighted by Gasteiger charge is -2.38. The van der Waals surface area contributed by atoms with Gasteiger partial charge in [-0.1, -0.05) is 6.92 Å². The summed E-state index contributed by atoms with van der Waals surface area (Å²) in [6, 6.07) is 2.63. The fraction of sp³-hybridized carbons (Fsp3) is 0.321. The predicted molar refractivity (Wildman–Crippen MR) is 142 cm³/mol. The molecule has 3 aromatic rings. The SMILES string of the molecule is CCC1CNCCN1c1cc2c(c3c1=CC=N3)c1c(c3c4c(n(OC)c32)C=CC(=O)C4)C(=O)N(C)C=1. The maximum Gasteiger partial charge on any atom is 0.258 e. The molecule has 0 bridgehead atoms. The molecule has 1 atom stereocenters. The highest BCUT2D eigenvalue weighted by Crippen LogP contribution is 2.40. The molecule has 3 aliphatic heterocycles. The zero-order valence-corrected chi connectivity index (χ0v) is 20.6. The predicted octanol–water partition coefficient (Wildman–Crippen LogP) is 1.50. The molecule has 4 aliphatic rings. The fourth-order valence-electron chi connectivity index (χ4n) is 6.41. The number of hydrogen-bond acceptors (Lipinski definition) is 6. The Morgan fingerprint density at radius 1 is 1.19 bits per heavy atom. The number of benzene rings is 2. The molecule has 1 unspecified atom stereocenters. The van der Waals surface area contributed by atoms with E-state index in [4.69, 9.17) is 9.83 Å². The third-order valence-electron chi connectivity index (χ3n) is 8.03. The number of nitrogens with zero attached hydrogens (tertiary/aromatic N) is 4. The van der Waals surface area contributed by atoms with Crippen LogP contribution in [0, 0.1) is 0 Å². The van der Waals surface area contributed by atoms with Crippen LogP contribution < -0.4 is 25.5 Å². The Bertz CT molecular complexity index is 1710. The monoisotopic (exact) mass is 481 g/mol. The molecule has 0 saturated carbocycles. The normalized spacial score (nSPS) is 20.1. The molecule has 182 valence electrons. The summed E-state index contributed by atoms with van der Waals surface area (Å²) in [4.78, 5) is 40.9. The van der Waals surface area contributed by atoms with Crippen molar-refractivity contribution in [1.82, 2.24) is 14.9 Å². The second kappa shape index (κ2) is 7.54. The van der Waals surface area contributed by atoms with Gasteiger partial charge in [0.2, 0.25) is 0 Å². The molecule has 1 saturated heterocycles. The van der Waals surface area contributed by atoms with Crippen LogP contribution in [0.1, 0.15) is 35.0 Å². The Morgan fingerprint density at radius 3 is 2.86 bits per heavy atom. The summed E-state index contributed by atoms with van der Waals surface area (Å²) in [5.41, 5.74) is 5.15. The quantitative estimate of drug-likeness (QED) is 0.614. The molecule has 1 aliphatic carbocycles. The summed E-state index contributed by atoms with van der Waals surface area (Å²) in [6.45, 7) is 4.99. The van der Waals surface area contributed by atoms with Gasteiger partial charge in [-0.15, -0.1) is 0 Å². The number of aromatic nitrogens is 1. The van der Waals surface area contributed by atoms with Crippen molar-refractivity contribution in [3.8, 4) is 0 Å². The van der Waals surface area contributed by atoms with Crippen LogP contribution in [0.3, 0.4) is 0 Å². The number of allylic oxidation sites excluding steroid dienone is 1. The second-order valence-corrected chi connectivity index (χ2v) is 9.86. The van der Waals surface area contributed by atoms with Gasteiger partial charge in [0.05, 0.1) is 22.5 Å². The Morgan fingerprint density at radius 2 is 2.06 bits per heavy atom. The number of nitrogens with one attached hydrogen (secondary N) is 1. The standard InChI is InChI=1S/C28H27N5O3/c1-4-15-13-29-9-10-32(15)22-12-19-23(26-17(22)7-8-30-26)20-14-31(2)28(35)25(20)24-18-11-16(34)5-6-21(18)33(36-3)27(19)24/h5-8,12,14-15,29H,4,9-11,13H2,1-3H3. The Balaban J connectivity index is 1.70. The van der Waals surface area contributed by atoms with Crippen LogP contribution >= 0.6 is 0 Å². The molecular weight excluding hydrogens is 454 g/mol. The summed E-state index contributed by atoms with van der Waals surface area (Å²) < 4.78 is 1.79. The second-order valence-electron chi connectivity index (χ2n) is 9.86. The van der Waals surface area contributed by atoms with Gasteiger partial charge in [0.25, 0.3) is 5.91 Å². The summed E-state index contributed by atoms with van der Waals surface area (Å²) >= 11 is 0. The van der Waals surface area contributed by atoms with Gasteiger partial charge >= 0.3 is 0 Å². The summed E-state index contributed by atoms with van der Waals surface area (Å²) in [5.74, 6) is -0.0541. The van der Waals surface area contributed by atoms with E-state index < -0.39 is 0 Å². The van der Waals surface area contributed by atoms with Crippen molar-refractivity contribution in [3.63, 3.8) is 0 Å². The van der Waals surface area contributed by atoms with E-state index in [0.29, 0.717) is 11.6 Å². The number of rotatable bonds is 3. The number of amides is 1. The van der Waals surface area contributed by atoms with Gasteiger partial charge < -0.3 is 20.0 Å². The number of anilines is 1. The van der Waals surface area contributed by atoms with E-state index in [9.17, 15) is 9.59 Å². The molecular formula is C28H27N5O3. The Labute approximate surface area is 207 Å². The van der Waals surface area contributed by atoms with E-state index in [1.807, 2.05) is 12.4 Å². The first-order chi connectivity index (χ1) is 17.5. The Hall–Kier alpha value is -3.91. The first-order valence-corrected chi connectivity index (χ1v) is 12.5. The minimum atomic E-state index is -0.0770. The topological polar surface area (TPSA) is 79.2 Å². The van der Waals surface area contributed by atoms with Crippen molar-refractivity contribution in [1.29, 1.82) is 0 Å². The third kappa shape index (κ3) is 2.65. The number of hydrogen-bond donors (Lipinski definition) is 1. The first-order valence-electron chi connectivity index (χ1n) is 12.5. The molecule has 1 N–H and O–H groups in total. The van der Waals surface area contributed by atoms with Crippen LogP contribution in [0.4, 0.5) is 11.4 Å². The lowest BCUT2D eigenvalue weighted by Crippen LogP contribution is -2.52. The molecule has 8 heteroatoms. The average molecular weight is 482 g/mol. The molecule has 1 fully saturated rings. The highest BCUT2D eigenvalue weighted by Gasteiger charge is 2.34. The van der Waals surface area contributed by atoms with Gasteiger partial charge in [0, 0.05) is 83.8 Å². The van der Waals surface area contributed by atoms with Gasteiger partial charge in [0.15, 0.2) is 5.78 Å². The molecule has 0 radical (unpaired) electrons. The van der Waals surface area contributed by atoms with Gasteiger partial charge in [0.1, 0.15) is 7.11 Å². The smallest absolute Gasteiger partial charge is 0.258 e. The van der Waals surface area contributed by atoms with Crippen molar-refractivity contribution in [3.05, 3.63) is 39.4 Å². The van der Waals surface area contributed by atoms with Crippen molar-refractivity contribution >= 4 is 69.3 Å². The van der Waals surface area contributed by atoms with E-state index in [-0.39, 0.29) is 18.1 Å². The van der Waals surface area contributed by atoms with Crippen LogP contribution in [-0.4, -0.2) is 67.4 Å². The molecule has 7 rings (SSSR count). The van der Waals surface area contributed by atoms with Crippen molar-refractivity contribution < 1.29 is 14.4 Å². The van der Waals surface area contributed by atoms with Crippen LogP contribution in [0.5, 0.6) is 0 Å². The highest BCUT2D eigenvalue weighted by molar-refractivity contribution is 6.24. The van der Waals surface area contributed by atoms with E-state index in [1.54, 1.807) is 35.9 Å². The minimum absolute atomic E-state index is 0.0229. The van der Waals surface area contributed by atoms with Gasteiger partial charge in [-0.2, -0.15) is 4.73 Å². The fourth-order valence-corrected chi connectivity index (χ4v) is 6.41. The summed E-state index contributed by atoms with van der Waals surface area (Å²) in [5, 5.41) is 8.22. The molecule has 1 aromatic heterocycles. The van der Waals surface area contributed by atoms with Gasteiger partial charge in [-0.25, -0.2) is 0 Å². The summed E-state index contributed by atoms with van der Waals surface area (Å²) in [7, 11) is 3.41. The lowest BCUT2D eigenvalue weighted by molar-refractivity contribution is -0.114. The summed E-state index contributed by atoms with van der Waals surface area (Å²) in [6.07, 6.45) is 10.5. The number of fused-ring (bicyclic) bond motifs is 10. The number of ketones is 1. The first kappa shape index (κ1) is 21.4. The largest absolute Gasteiger partial charge is 0.416 e. The molecule has 8 nitrogen and oxygen atoms in total. The lowest BCUT2D eigenvalue weighted by atomic mass is 9.92. The number of aliphatic imine (C=N–C) groups is 1. The van der Waals surface area contributed by atoms with E-state index in [1.165, 1.54) is 0 Å². The third-order valence-corrected chi connectivity index (χ3v) is 8.03. The van der Waals surface area contributed by atoms with Gasteiger partial charge in [-0.05, 0) is 36.3 Å². The van der Waals surface area contributed by atoms with Crippen LogP contribution in [0.15, 0.2) is 17.1 Å². The number of carbonyl (C=O) groups excluding carboxylic acids is 2. The van der Waals surface area contributed by atoms with Crippen LogP contribution in [0.2, 0.25) is 0 Å². The number of piperazine rings is 1. The zero-order valence-electron chi connectivity index (χ0n) is 20.6. The maximum atomic E-state index is 13.5. The molecule has 0 spiro atoms.